The maximum absolute atomic E-state index is 13.9. The molecule has 136 valence electrons. The Kier molecular flexibility index (Phi) is 5.54. The molecule has 8 heteroatoms. The Hall–Kier alpha value is -2.32. The third kappa shape index (κ3) is 4.40. The number of hydrogen-bond acceptors (Lipinski definition) is 7. The number of aryl methyl sites for hydroxylation is 1. The van der Waals surface area contributed by atoms with Gasteiger partial charge in [-0.15, -0.1) is 0 Å². The van der Waals surface area contributed by atoms with E-state index < -0.39 is 30.2 Å². The molecule has 0 aliphatic rings. The molecule has 2 rings (SSSR count). The Morgan fingerprint density at radius 3 is 2.76 bits per heavy atom. The average molecular weight is 351 g/mol. The van der Waals surface area contributed by atoms with Crippen LogP contribution < -0.4 is 5.73 Å². The zero-order chi connectivity index (χ0) is 18.8. The molecule has 7 nitrogen and oxygen atoms in total. The zero-order valence-corrected chi connectivity index (χ0v) is 14.7. The highest BCUT2D eigenvalue weighted by molar-refractivity contribution is 5.74. The van der Waals surface area contributed by atoms with E-state index in [1.165, 1.54) is 12.3 Å². The SMILES string of the molecule is Cc1noc([C@@H](N)CC(=O)OC(C)(C)C)c1-c1ccnc(F)c1CO. The number of carbonyl (C=O) groups is 1. The quantitative estimate of drug-likeness (QED) is 0.628. The van der Waals surface area contributed by atoms with Crippen molar-refractivity contribution in [3.05, 3.63) is 35.2 Å². The highest BCUT2D eigenvalue weighted by atomic mass is 19.1. The second kappa shape index (κ2) is 7.28. The number of aliphatic hydroxyl groups is 1. The van der Waals surface area contributed by atoms with Gasteiger partial charge in [-0.05, 0) is 39.3 Å². The number of pyridine rings is 1. The summed E-state index contributed by atoms with van der Waals surface area (Å²) < 4.78 is 24.4. The van der Waals surface area contributed by atoms with E-state index in [0.29, 0.717) is 16.8 Å². The number of aliphatic hydroxyl groups excluding tert-OH is 1. The standard InChI is InChI=1S/C17H22FN3O4/c1-9-14(10-5-6-20-16(18)11(10)8-22)15(25-21-9)12(19)7-13(23)24-17(2,3)4/h5-6,12,22H,7-8,19H2,1-4H3/t12-/m0/s1. The summed E-state index contributed by atoms with van der Waals surface area (Å²) in [7, 11) is 0. The first kappa shape index (κ1) is 19.0. The molecule has 0 bridgehead atoms. The van der Waals surface area contributed by atoms with Crippen molar-refractivity contribution in [2.75, 3.05) is 0 Å². The van der Waals surface area contributed by atoms with Gasteiger partial charge in [-0.25, -0.2) is 4.98 Å². The molecule has 2 heterocycles. The summed E-state index contributed by atoms with van der Waals surface area (Å²) in [5, 5.41) is 13.3. The molecular weight excluding hydrogens is 329 g/mol. The van der Waals surface area contributed by atoms with E-state index >= 15 is 0 Å². The lowest BCUT2D eigenvalue weighted by Crippen LogP contribution is -2.26. The molecule has 2 aromatic rings. The van der Waals surface area contributed by atoms with Crippen LogP contribution in [0.2, 0.25) is 0 Å². The van der Waals surface area contributed by atoms with Crippen molar-refractivity contribution >= 4 is 5.97 Å². The van der Waals surface area contributed by atoms with Gasteiger partial charge in [0.15, 0.2) is 5.76 Å². The van der Waals surface area contributed by atoms with Crippen molar-refractivity contribution in [2.24, 2.45) is 5.73 Å². The van der Waals surface area contributed by atoms with Crippen molar-refractivity contribution in [3.63, 3.8) is 0 Å². The fourth-order valence-corrected chi connectivity index (χ4v) is 2.47. The van der Waals surface area contributed by atoms with Crippen molar-refractivity contribution in [1.29, 1.82) is 0 Å². The summed E-state index contributed by atoms with van der Waals surface area (Å²) in [5.41, 5.74) is 6.76. The van der Waals surface area contributed by atoms with Crippen molar-refractivity contribution in [1.82, 2.24) is 10.1 Å². The van der Waals surface area contributed by atoms with Crippen LogP contribution in [0.25, 0.3) is 11.1 Å². The first-order valence-electron chi connectivity index (χ1n) is 7.82. The van der Waals surface area contributed by atoms with E-state index in [1.807, 2.05) is 0 Å². The maximum Gasteiger partial charge on any atom is 0.308 e. The van der Waals surface area contributed by atoms with Gasteiger partial charge in [0.2, 0.25) is 5.95 Å². The predicted molar refractivity (Wildman–Crippen MR) is 87.7 cm³/mol. The number of esters is 1. The molecule has 0 fully saturated rings. The highest BCUT2D eigenvalue weighted by Crippen LogP contribution is 2.34. The van der Waals surface area contributed by atoms with E-state index in [1.54, 1.807) is 27.7 Å². The number of carbonyl (C=O) groups excluding carboxylic acids is 1. The van der Waals surface area contributed by atoms with Crippen molar-refractivity contribution < 1.29 is 23.6 Å². The van der Waals surface area contributed by atoms with Crippen molar-refractivity contribution in [3.8, 4) is 11.1 Å². The zero-order valence-electron chi connectivity index (χ0n) is 14.7. The number of halogens is 1. The minimum atomic E-state index is -0.825. The molecule has 25 heavy (non-hydrogen) atoms. The summed E-state index contributed by atoms with van der Waals surface area (Å²) in [5.74, 6) is -1.04. The largest absolute Gasteiger partial charge is 0.460 e. The van der Waals surface area contributed by atoms with Crippen LogP contribution in [0.4, 0.5) is 4.39 Å². The number of rotatable bonds is 5. The molecule has 1 atom stereocenters. The second-order valence-corrected chi connectivity index (χ2v) is 6.69. The van der Waals surface area contributed by atoms with Gasteiger partial charge >= 0.3 is 5.97 Å². The van der Waals surface area contributed by atoms with Crippen LogP contribution in [-0.2, 0) is 16.1 Å². The Balaban J connectivity index is 2.37. The summed E-state index contributed by atoms with van der Waals surface area (Å²) in [6, 6.07) is 0.714. The van der Waals surface area contributed by atoms with Crippen LogP contribution in [0, 0.1) is 12.9 Å². The number of aromatic nitrogens is 2. The molecule has 0 amide bonds. The molecule has 0 spiro atoms. The van der Waals surface area contributed by atoms with Gasteiger partial charge in [0.1, 0.15) is 5.60 Å². The third-order valence-corrected chi connectivity index (χ3v) is 3.46. The Morgan fingerprint density at radius 1 is 1.48 bits per heavy atom. The summed E-state index contributed by atoms with van der Waals surface area (Å²) in [4.78, 5) is 15.5. The van der Waals surface area contributed by atoms with E-state index in [0.717, 1.165) is 0 Å². The van der Waals surface area contributed by atoms with E-state index in [2.05, 4.69) is 10.1 Å². The van der Waals surface area contributed by atoms with Crippen LogP contribution in [-0.4, -0.2) is 26.8 Å². The van der Waals surface area contributed by atoms with Crippen molar-refractivity contribution in [2.45, 2.75) is 52.4 Å². The minimum Gasteiger partial charge on any atom is -0.460 e. The number of nitrogens with zero attached hydrogens (tertiary/aromatic N) is 2. The van der Waals surface area contributed by atoms with Gasteiger partial charge < -0.3 is 20.1 Å². The first-order chi connectivity index (χ1) is 11.6. The Bertz CT molecular complexity index is 768. The second-order valence-electron chi connectivity index (χ2n) is 6.69. The topological polar surface area (TPSA) is 111 Å². The molecule has 0 radical (unpaired) electrons. The summed E-state index contributed by atoms with van der Waals surface area (Å²) in [6.07, 6.45) is 1.15. The molecule has 3 N–H and O–H groups in total. The Morgan fingerprint density at radius 2 is 2.16 bits per heavy atom. The number of hydrogen-bond donors (Lipinski definition) is 2. The van der Waals surface area contributed by atoms with Crippen LogP contribution in [0.3, 0.4) is 0 Å². The molecule has 0 saturated heterocycles. The monoisotopic (exact) mass is 351 g/mol. The van der Waals surface area contributed by atoms with E-state index in [4.69, 9.17) is 15.0 Å². The lowest BCUT2D eigenvalue weighted by molar-refractivity contribution is -0.155. The van der Waals surface area contributed by atoms with Crippen LogP contribution in [0.1, 0.15) is 50.3 Å². The summed E-state index contributed by atoms with van der Waals surface area (Å²) in [6.45, 7) is 6.40. The lowest BCUT2D eigenvalue weighted by Gasteiger charge is -2.20. The molecule has 0 aromatic carbocycles. The van der Waals surface area contributed by atoms with Gasteiger partial charge in [0.25, 0.3) is 0 Å². The molecule has 0 aliphatic heterocycles. The fraction of sp³-hybridized carbons (Fsp3) is 0.471. The molecule has 2 aromatic heterocycles. The first-order valence-corrected chi connectivity index (χ1v) is 7.82. The predicted octanol–water partition coefficient (Wildman–Crippen LogP) is 2.41. The Labute approximate surface area is 145 Å². The minimum absolute atomic E-state index is 0.0134. The normalized spacial score (nSPS) is 12.9. The molecule has 0 saturated carbocycles. The van der Waals surface area contributed by atoms with E-state index in [9.17, 15) is 14.3 Å². The average Bonchev–Trinajstić information content (AvgIpc) is 2.86. The molecule has 0 unspecified atom stereocenters. The van der Waals surface area contributed by atoms with Crippen LogP contribution in [0.15, 0.2) is 16.8 Å². The van der Waals surface area contributed by atoms with Gasteiger partial charge in [0.05, 0.1) is 24.8 Å². The highest BCUT2D eigenvalue weighted by Gasteiger charge is 2.27. The number of nitrogens with two attached hydrogens (primary N) is 1. The lowest BCUT2D eigenvalue weighted by atomic mass is 9.96. The number of ether oxygens (including phenoxy) is 1. The third-order valence-electron chi connectivity index (χ3n) is 3.46. The van der Waals surface area contributed by atoms with Gasteiger partial charge in [0, 0.05) is 17.3 Å². The molecule has 0 aliphatic carbocycles. The van der Waals surface area contributed by atoms with E-state index in [-0.39, 0.29) is 17.7 Å². The fourth-order valence-electron chi connectivity index (χ4n) is 2.47. The van der Waals surface area contributed by atoms with Crippen LogP contribution in [0.5, 0.6) is 0 Å². The smallest absolute Gasteiger partial charge is 0.308 e. The van der Waals surface area contributed by atoms with Gasteiger partial charge in [-0.3, -0.25) is 4.79 Å². The van der Waals surface area contributed by atoms with Gasteiger partial charge in [-0.1, -0.05) is 5.16 Å². The maximum atomic E-state index is 13.9. The summed E-state index contributed by atoms with van der Waals surface area (Å²) >= 11 is 0. The van der Waals surface area contributed by atoms with Gasteiger partial charge in [-0.2, -0.15) is 4.39 Å². The molecular formula is C17H22FN3O4. The van der Waals surface area contributed by atoms with Crippen LogP contribution >= 0.6 is 0 Å².